The summed E-state index contributed by atoms with van der Waals surface area (Å²) < 4.78 is 0. The molecule has 32 heavy (non-hydrogen) atoms. The molecule has 0 heterocycles. The van der Waals surface area contributed by atoms with Crippen LogP contribution in [0.3, 0.4) is 0 Å². The van der Waals surface area contributed by atoms with Crippen LogP contribution in [0.15, 0.2) is 48.5 Å². The molecular weight excluding hydrogens is 402 g/mol. The Bertz CT molecular complexity index is 951. The van der Waals surface area contributed by atoms with Crippen LogP contribution < -0.4 is 16.5 Å². The quantitative estimate of drug-likeness (QED) is 0.243. The van der Waals surface area contributed by atoms with Gasteiger partial charge in [-0.15, -0.1) is 0 Å². The van der Waals surface area contributed by atoms with E-state index in [1.54, 1.807) is 24.3 Å². The molecule has 0 saturated heterocycles. The summed E-state index contributed by atoms with van der Waals surface area (Å²) in [5, 5.41) is 11.2. The summed E-state index contributed by atoms with van der Waals surface area (Å²) in [7, 11) is 0. The summed E-state index contributed by atoms with van der Waals surface area (Å²) in [6, 6.07) is 14.3. The molecule has 0 aliphatic heterocycles. The van der Waals surface area contributed by atoms with Crippen molar-refractivity contribution in [3.63, 3.8) is 0 Å². The number of amides is 2. The fourth-order valence-corrected chi connectivity index (χ4v) is 4.03. The Kier molecular flexibility index (Phi) is 8.85. The van der Waals surface area contributed by atoms with Gasteiger partial charge < -0.3 is 11.1 Å². The molecule has 3 rings (SSSR count). The normalized spacial score (nSPS) is 15.1. The minimum absolute atomic E-state index is 0.124. The standard InChI is InChI=1S/C26H31N3O3/c27-18-24(26(31)29-32)28-25(30)23-15-13-20(14-16-23)8-7-19-9-11-22(12-10-19)17-21-5-3-1-2-4-6-21/h9-16,21,24,32H,1-6,17-18,27H2,(H,28,30)(H,29,31)/t24-/m0/s1. The molecule has 0 bridgehead atoms. The molecule has 0 aromatic heterocycles. The van der Waals surface area contributed by atoms with E-state index in [1.807, 2.05) is 0 Å². The lowest BCUT2D eigenvalue weighted by atomic mass is 9.92. The molecule has 0 spiro atoms. The molecule has 2 aromatic carbocycles. The van der Waals surface area contributed by atoms with Crippen molar-refractivity contribution in [2.45, 2.75) is 51.0 Å². The Labute approximate surface area is 189 Å². The minimum atomic E-state index is -1.00. The van der Waals surface area contributed by atoms with E-state index in [0.717, 1.165) is 23.5 Å². The Morgan fingerprint density at radius 1 is 0.938 bits per heavy atom. The van der Waals surface area contributed by atoms with Gasteiger partial charge in [-0.05, 0) is 54.3 Å². The summed E-state index contributed by atoms with van der Waals surface area (Å²) in [5.41, 5.74) is 10.4. The first-order valence-electron chi connectivity index (χ1n) is 11.2. The van der Waals surface area contributed by atoms with E-state index in [-0.39, 0.29) is 6.54 Å². The number of carbonyl (C=O) groups excluding carboxylic acids is 2. The number of hydrogen-bond donors (Lipinski definition) is 4. The second-order valence-corrected chi connectivity index (χ2v) is 8.32. The molecule has 1 fully saturated rings. The number of hydroxylamine groups is 1. The van der Waals surface area contributed by atoms with Gasteiger partial charge in [-0.25, -0.2) is 5.48 Å². The molecule has 2 aromatic rings. The molecule has 5 N–H and O–H groups in total. The van der Waals surface area contributed by atoms with E-state index in [4.69, 9.17) is 10.9 Å². The van der Waals surface area contributed by atoms with Crippen LogP contribution in [0, 0.1) is 17.8 Å². The van der Waals surface area contributed by atoms with Crippen LogP contribution in [-0.2, 0) is 11.2 Å². The van der Waals surface area contributed by atoms with Crippen LogP contribution >= 0.6 is 0 Å². The third-order valence-corrected chi connectivity index (χ3v) is 5.92. The third kappa shape index (κ3) is 6.94. The van der Waals surface area contributed by atoms with Gasteiger partial charge in [-0.3, -0.25) is 14.8 Å². The van der Waals surface area contributed by atoms with E-state index < -0.39 is 17.9 Å². The Morgan fingerprint density at radius 2 is 1.50 bits per heavy atom. The predicted molar refractivity (Wildman–Crippen MR) is 124 cm³/mol. The van der Waals surface area contributed by atoms with E-state index in [0.29, 0.717) is 5.56 Å². The number of rotatable bonds is 6. The van der Waals surface area contributed by atoms with Crippen LogP contribution in [-0.4, -0.2) is 29.6 Å². The van der Waals surface area contributed by atoms with E-state index >= 15 is 0 Å². The van der Waals surface area contributed by atoms with Gasteiger partial charge in [0.25, 0.3) is 11.8 Å². The van der Waals surface area contributed by atoms with E-state index in [9.17, 15) is 9.59 Å². The number of nitrogens with two attached hydrogens (primary N) is 1. The zero-order valence-corrected chi connectivity index (χ0v) is 18.3. The van der Waals surface area contributed by atoms with Crippen molar-refractivity contribution in [3.05, 3.63) is 70.8 Å². The van der Waals surface area contributed by atoms with Crippen LogP contribution in [0.4, 0.5) is 0 Å². The SMILES string of the molecule is NC[C@H](NC(=O)c1ccc(C#Cc2ccc(CC3CCCCCC3)cc2)cc1)C(=O)NO. The molecule has 1 aliphatic rings. The first-order chi connectivity index (χ1) is 15.6. The largest absolute Gasteiger partial charge is 0.339 e. The van der Waals surface area contributed by atoms with Gasteiger partial charge >= 0.3 is 0 Å². The summed E-state index contributed by atoms with van der Waals surface area (Å²) >= 11 is 0. The minimum Gasteiger partial charge on any atom is -0.339 e. The highest BCUT2D eigenvalue weighted by Crippen LogP contribution is 2.26. The Morgan fingerprint density at radius 3 is 2.03 bits per heavy atom. The highest BCUT2D eigenvalue weighted by molar-refractivity contribution is 5.97. The molecule has 0 unspecified atom stereocenters. The highest BCUT2D eigenvalue weighted by atomic mass is 16.5. The smallest absolute Gasteiger partial charge is 0.267 e. The lowest BCUT2D eigenvalue weighted by Crippen LogP contribution is -2.50. The maximum Gasteiger partial charge on any atom is 0.267 e. The average molecular weight is 434 g/mol. The zero-order chi connectivity index (χ0) is 22.8. The predicted octanol–water partition coefficient (Wildman–Crippen LogP) is 3.16. The van der Waals surface area contributed by atoms with Crippen molar-refractivity contribution >= 4 is 11.8 Å². The summed E-state index contributed by atoms with van der Waals surface area (Å²) in [4.78, 5) is 23.7. The van der Waals surface area contributed by atoms with Gasteiger partial charge in [0.2, 0.25) is 0 Å². The lowest BCUT2D eigenvalue weighted by molar-refractivity contribution is -0.130. The van der Waals surface area contributed by atoms with Crippen LogP contribution in [0.2, 0.25) is 0 Å². The topological polar surface area (TPSA) is 104 Å². The van der Waals surface area contributed by atoms with Gasteiger partial charge in [-0.2, -0.15) is 0 Å². The van der Waals surface area contributed by atoms with Gasteiger partial charge in [-0.1, -0.05) is 62.5 Å². The molecule has 1 saturated carbocycles. The average Bonchev–Trinajstić information content (AvgIpc) is 3.10. The van der Waals surface area contributed by atoms with E-state index in [2.05, 4.69) is 41.4 Å². The monoisotopic (exact) mass is 433 g/mol. The third-order valence-electron chi connectivity index (χ3n) is 5.92. The molecule has 168 valence electrons. The van der Waals surface area contributed by atoms with Gasteiger partial charge in [0.05, 0.1) is 0 Å². The van der Waals surface area contributed by atoms with Gasteiger partial charge in [0.15, 0.2) is 0 Å². The Balaban J connectivity index is 1.57. The second-order valence-electron chi connectivity index (χ2n) is 8.32. The molecule has 1 aliphatic carbocycles. The van der Waals surface area contributed by atoms with E-state index in [1.165, 1.54) is 49.6 Å². The zero-order valence-electron chi connectivity index (χ0n) is 18.3. The van der Waals surface area contributed by atoms with Crippen molar-refractivity contribution in [3.8, 4) is 11.8 Å². The summed E-state index contributed by atoms with van der Waals surface area (Å²) in [5.74, 6) is 5.88. The molecule has 1 atom stereocenters. The number of hydrogen-bond acceptors (Lipinski definition) is 4. The fourth-order valence-electron chi connectivity index (χ4n) is 4.03. The number of carbonyl (C=O) groups is 2. The summed E-state index contributed by atoms with van der Waals surface area (Å²) in [6.45, 7) is -0.124. The van der Waals surface area contributed by atoms with Crippen molar-refractivity contribution in [2.75, 3.05) is 6.54 Å². The number of benzene rings is 2. The maximum absolute atomic E-state index is 12.3. The van der Waals surface area contributed by atoms with Crippen LogP contribution in [0.25, 0.3) is 0 Å². The molecular formula is C26H31N3O3. The first-order valence-corrected chi connectivity index (χ1v) is 11.2. The van der Waals surface area contributed by atoms with Crippen LogP contribution in [0.1, 0.15) is 65.6 Å². The molecule has 6 heteroatoms. The molecule has 6 nitrogen and oxygen atoms in total. The lowest BCUT2D eigenvalue weighted by Gasteiger charge is -2.14. The maximum atomic E-state index is 12.3. The van der Waals surface area contributed by atoms with Crippen LogP contribution in [0.5, 0.6) is 0 Å². The summed E-state index contributed by atoms with van der Waals surface area (Å²) in [6.07, 6.45) is 9.33. The second kappa shape index (κ2) is 12.0. The molecule has 2 amide bonds. The number of nitrogens with one attached hydrogen (secondary N) is 2. The Hall–Kier alpha value is -3.14. The van der Waals surface area contributed by atoms with Gasteiger partial charge in [0.1, 0.15) is 6.04 Å². The molecule has 0 radical (unpaired) electrons. The van der Waals surface area contributed by atoms with Crippen molar-refractivity contribution in [1.29, 1.82) is 0 Å². The highest BCUT2D eigenvalue weighted by Gasteiger charge is 2.19. The van der Waals surface area contributed by atoms with Crippen molar-refractivity contribution in [2.24, 2.45) is 11.7 Å². The van der Waals surface area contributed by atoms with Gasteiger partial charge in [0, 0.05) is 23.2 Å². The first kappa shape index (κ1) is 23.5. The van der Waals surface area contributed by atoms with Crippen molar-refractivity contribution in [1.82, 2.24) is 10.8 Å². The fraction of sp³-hybridized carbons (Fsp3) is 0.385. The van der Waals surface area contributed by atoms with Crippen molar-refractivity contribution < 1.29 is 14.8 Å².